The lowest BCUT2D eigenvalue weighted by atomic mass is 9.98. The summed E-state index contributed by atoms with van der Waals surface area (Å²) in [7, 11) is 0. The number of benzene rings is 3. The first-order valence-electron chi connectivity index (χ1n) is 12.0. The van der Waals surface area contributed by atoms with E-state index in [1.54, 1.807) is 0 Å². The Balaban J connectivity index is 1.35. The third kappa shape index (κ3) is 2.15. The second-order valence-corrected chi connectivity index (χ2v) is 9.72. The van der Waals surface area contributed by atoms with Crippen LogP contribution in [0, 0.1) is 0 Å². The van der Waals surface area contributed by atoms with Crippen LogP contribution in [0.3, 0.4) is 0 Å². The van der Waals surface area contributed by atoms with E-state index < -0.39 is 0 Å². The summed E-state index contributed by atoms with van der Waals surface area (Å²) in [6.45, 7) is 0. The number of rotatable bonds is 0. The average Bonchev–Trinajstić information content (AvgIpc) is 3.58. The first-order chi connectivity index (χ1) is 17.3. The average molecular weight is 447 g/mol. The number of pyridine rings is 3. The fourth-order valence-corrected chi connectivity index (χ4v) is 6.47. The highest BCUT2D eigenvalue weighted by molar-refractivity contribution is 6.13. The maximum Gasteiger partial charge on any atom is 0.146 e. The van der Waals surface area contributed by atoms with Gasteiger partial charge in [-0.25, -0.2) is 4.98 Å². The molecule has 4 nitrogen and oxygen atoms in total. The zero-order valence-electron chi connectivity index (χ0n) is 18.8. The van der Waals surface area contributed by atoms with Crippen LogP contribution in [0.1, 0.15) is 22.3 Å². The van der Waals surface area contributed by atoms with Crippen LogP contribution >= 0.6 is 0 Å². The SMILES string of the molecule is c1ccc2c(c1)Cc1cc3c(cc1-2)Cc1c-3ccc2c1nc1c3ccncc3c3ccncc3n21. The molecule has 0 radical (unpaired) electrons. The largest absolute Gasteiger partial charge is 0.290 e. The highest BCUT2D eigenvalue weighted by atomic mass is 15.0. The van der Waals surface area contributed by atoms with E-state index in [4.69, 9.17) is 4.98 Å². The molecule has 3 aromatic carbocycles. The van der Waals surface area contributed by atoms with Crippen molar-refractivity contribution in [2.45, 2.75) is 12.8 Å². The van der Waals surface area contributed by atoms with E-state index in [9.17, 15) is 0 Å². The van der Waals surface area contributed by atoms with Gasteiger partial charge in [-0.2, -0.15) is 0 Å². The van der Waals surface area contributed by atoms with E-state index in [0.717, 1.165) is 51.2 Å². The Bertz CT molecular complexity index is 2070. The van der Waals surface area contributed by atoms with Gasteiger partial charge in [0.25, 0.3) is 0 Å². The fourth-order valence-electron chi connectivity index (χ4n) is 6.47. The lowest BCUT2D eigenvalue weighted by Crippen LogP contribution is -1.92. The van der Waals surface area contributed by atoms with Crippen molar-refractivity contribution in [2.75, 3.05) is 0 Å². The van der Waals surface area contributed by atoms with Crippen molar-refractivity contribution in [1.82, 2.24) is 19.4 Å². The minimum absolute atomic E-state index is 0.914. The number of aromatic nitrogens is 4. The minimum atomic E-state index is 0.914. The molecule has 0 saturated heterocycles. The summed E-state index contributed by atoms with van der Waals surface area (Å²) >= 11 is 0. The molecule has 4 aromatic heterocycles. The summed E-state index contributed by atoms with van der Waals surface area (Å²) in [4.78, 5) is 14.1. The second kappa shape index (κ2) is 6.10. The molecule has 0 amide bonds. The van der Waals surface area contributed by atoms with Crippen LogP contribution in [0.2, 0.25) is 0 Å². The van der Waals surface area contributed by atoms with E-state index in [0.29, 0.717) is 0 Å². The molecule has 35 heavy (non-hydrogen) atoms. The molecule has 0 aliphatic heterocycles. The lowest BCUT2D eigenvalue weighted by Gasteiger charge is -2.08. The Morgan fingerprint density at radius 2 is 1.40 bits per heavy atom. The topological polar surface area (TPSA) is 43.1 Å². The molecule has 2 aliphatic rings. The Kier molecular flexibility index (Phi) is 3.11. The zero-order valence-corrected chi connectivity index (χ0v) is 18.8. The van der Waals surface area contributed by atoms with Crippen LogP contribution in [-0.2, 0) is 12.8 Å². The third-order valence-corrected chi connectivity index (χ3v) is 8.00. The number of nitrogens with zero attached hydrogens (tertiary/aromatic N) is 4. The summed E-state index contributed by atoms with van der Waals surface area (Å²) in [6, 6.07) is 22.4. The van der Waals surface area contributed by atoms with Gasteiger partial charge in [0.15, 0.2) is 0 Å². The monoisotopic (exact) mass is 446 g/mol. The van der Waals surface area contributed by atoms with Gasteiger partial charge in [0, 0.05) is 41.2 Å². The molecule has 9 rings (SSSR count). The molecule has 7 aromatic rings. The van der Waals surface area contributed by atoms with Crippen molar-refractivity contribution >= 4 is 38.4 Å². The number of hydrogen-bond acceptors (Lipinski definition) is 3. The van der Waals surface area contributed by atoms with Crippen LogP contribution in [0.15, 0.2) is 85.5 Å². The highest BCUT2D eigenvalue weighted by Crippen LogP contribution is 2.46. The molecule has 0 spiro atoms. The lowest BCUT2D eigenvalue weighted by molar-refractivity contribution is 1.24. The van der Waals surface area contributed by atoms with Crippen LogP contribution < -0.4 is 0 Å². The zero-order chi connectivity index (χ0) is 22.7. The van der Waals surface area contributed by atoms with Gasteiger partial charge >= 0.3 is 0 Å². The highest BCUT2D eigenvalue weighted by Gasteiger charge is 2.27. The van der Waals surface area contributed by atoms with Gasteiger partial charge in [-0.3, -0.25) is 14.4 Å². The van der Waals surface area contributed by atoms with Gasteiger partial charge in [0.2, 0.25) is 0 Å². The summed E-state index contributed by atoms with van der Waals surface area (Å²) < 4.78 is 2.28. The molecule has 0 atom stereocenters. The Morgan fingerprint density at radius 3 is 2.34 bits per heavy atom. The van der Waals surface area contributed by atoms with Crippen molar-refractivity contribution in [1.29, 1.82) is 0 Å². The van der Waals surface area contributed by atoms with Gasteiger partial charge in [-0.15, -0.1) is 0 Å². The number of hydrogen-bond donors (Lipinski definition) is 0. The molecule has 0 unspecified atom stereocenters. The first-order valence-corrected chi connectivity index (χ1v) is 12.0. The van der Waals surface area contributed by atoms with Gasteiger partial charge in [0.05, 0.1) is 22.7 Å². The van der Waals surface area contributed by atoms with E-state index in [2.05, 4.69) is 75.0 Å². The van der Waals surface area contributed by atoms with E-state index in [1.807, 2.05) is 24.8 Å². The number of fused-ring (bicyclic) bond motifs is 15. The quantitative estimate of drug-likeness (QED) is 0.243. The van der Waals surface area contributed by atoms with Crippen molar-refractivity contribution in [3.63, 3.8) is 0 Å². The molecule has 0 fully saturated rings. The Labute approximate surface area is 200 Å². The van der Waals surface area contributed by atoms with Crippen LogP contribution in [0.5, 0.6) is 0 Å². The molecule has 4 heterocycles. The van der Waals surface area contributed by atoms with Crippen molar-refractivity contribution in [2.24, 2.45) is 0 Å². The van der Waals surface area contributed by atoms with E-state index in [-0.39, 0.29) is 0 Å². The predicted molar refractivity (Wildman–Crippen MR) is 140 cm³/mol. The Hall–Kier alpha value is -4.57. The minimum Gasteiger partial charge on any atom is -0.290 e. The Morgan fingerprint density at radius 1 is 0.600 bits per heavy atom. The molecule has 0 saturated carbocycles. The van der Waals surface area contributed by atoms with Crippen molar-refractivity contribution < 1.29 is 0 Å². The molecular weight excluding hydrogens is 428 g/mol. The maximum atomic E-state index is 5.27. The smallest absolute Gasteiger partial charge is 0.146 e. The van der Waals surface area contributed by atoms with Gasteiger partial charge < -0.3 is 0 Å². The van der Waals surface area contributed by atoms with E-state index >= 15 is 0 Å². The van der Waals surface area contributed by atoms with Crippen LogP contribution in [0.25, 0.3) is 60.6 Å². The first kappa shape index (κ1) is 17.8. The molecule has 4 heteroatoms. The molecule has 2 aliphatic carbocycles. The molecule has 0 N–H and O–H groups in total. The van der Waals surface area contributed by atoms with Gasteiger partial charge in [0.1, 0.15) is 5.65 Å². The van der Waals surface area contributed by atoms with E-state index in [1.165, 1.54) is 44.5 Å². The van der Waals surface area contributed by atoms with Crippen LogP contribution in [-0.4, -0.2) is 19.4 Å². The van der Waals surface area contributed by atoms with Gasteiger partial charge in [-0.05, 0) is 81.3 Å². The molecular formula is C31H18N4. The standard InChI is InChI=1S/C31H18N4/c1-2-4-20-17(3-1)11-18-12-25-19(13-24(18)20)14-26-21(25)5-6-28-30(26)34-31-23-8-10-32-15-27(23)22-7-9-33-16-29(22)35(28)31/h1-10,12-13,15-16H,11,14H2. The summed E-state index contributed by atoms with van der Waals surface area (Å²) in [5.74, 6) is 0. The van der Waals surface area contributed by atoms with Crippen LogP contribution in [0.4, 0.5) is 0 Å². The van der Waals surface area contributed by atoms with Crippen molar-refractivity contribution in [3.05, 3.63) is 108 Å². The summed E-state index contributed by atoms with van der Waals surface area (Å²) in [5.41, 5.74) is 15.3. The normalized spacial score (nSPS) is 13.5. The second-order valence-electron chi connectivity index (χ2n) is 9.72. The molecule has 0 bridgehead atoms. The maximum absolute atomic E-state index is 5.27. The fraction of sp³-hybridized carbons (Fsp3) is 0.0645. The number of imidazole rings is 1. The van der Waals surface area contributed by atoms with Gasteiger partial charge in [-0.1, -0.05) is 30.3 Å². The molecule has 162 valence electrons. The third-order valence-electron chi connectivity index (χ3n) is 8.00. The predicted octanol–water partition coefficient (Wildman–Crippen LogP) is 6.73. The summed E-state index contributed by atoms with van der Waals surface area (Å²) in [5, 5.41) is 3.38. The summed E-state index contributed by atoms with van der Waals surface area (Å²) in [6.07, 6.45) is 9.52. The van der Waals surface area contributed by atoms with Crippen molar-refractivity contribution in [3.8, 4) is 22.3 Å².